The Morgan fingerprint density at radius 1 is 1.33 bits per heavy atom. The number of halogens is 2. The van der Waals surface area contributed by atoms with E-state index in [1.807, 2.05) is 0 Å². The molecule has 0 aliphatic rings. The van der Waals surface area contributed by atoms with Crippen LogP contribution in [0.2, 0.25) is 0 Å². The monoisotopic (exact) mass is 252 g/mol. The van der Waals surface area contributed by atoms with Gasteiger partial charge in [0.05, 0.1) is 12.1 Å². The average molecular weight is 252 g/mol. The van der Waals surface area contributed by atoms with Crippen molar-refractivity contribution in [2.45, 2.75) is 13.3 Å². The first-order valence-corrected chi connectivity index (χ1v) is 5.21. The third-order valence-electron chi connectivity index (χ3n) is 2.22. The van der Waals surface area contributed by atoms with E-state index in [-0.39, 0.29) is 18.0 Å². The lowest BCUT2D eigenvalue weighted by atomic mass is 10.2. The van der Waals surface area contributed by atoms with Crippen molar-refractivity contribution < 1.29 is 18.1 Å². The fraction of sp³-hybridized carbons (Fsp3) is 0.167. The van der Waals surface area contributed by atoms with E-state index in [0.29, 0.717) is 11.5 Å². The van der Waals surface area contributed by atoms with Crippen LogP contribution in [0.3, 0.4) is 0 Å². The van der Waals surface area contributed by atoms with E-state index in [4.69, 9.17) is 4.52 Å². The van der Waals surface area contributed by atoms with Crippen LogP contribution in [0.5, 0.6) is 0 Å². The molecule has 0 aliphatic carbocycles. The molecule has 0 fully saturated rings. The van der Waals surface area contributed by atoms with Crippen LogP contribution in [0, 0.1) is 18.6 Å². The van der Waals surface area contributed by atoms with Crippen molar-refractivity contribution in [2.24, 2.45) is 0 Å². The molecule has 1 aromatic heterocycles. The Kier molecular flexibility index (Phi) is 3.36. The van der Waals surface area contributed by atoms with Crippen molar-refractivity contribution in [2.75, 3.05) is 5.32 Å². The van der Waals surface area contributed by atoms with Gasteiger partial charge in [0.2, 0.25) is 5.91 Å². The second kappa shape index (κ2) is 4.95. The molecular formula is C12H10F2N2O2. The van der Waals surface area contributed by atoms with E-state index in [1.54, 1.807) is 13.0 Å². The topological polar surface area (TPSA) is 55.1 Å². The summed E-state index contributed by atoms with van der Waals surface area (Å²) in [5, 5.41) is 6.10. The van der Waals surface area contributed by atoms with Crippen LogP contribution < -0.4 is 5.32 Å². The first kappa shape index (κ1) is 12.2. The molecule has 18 heavy (non-hydrogen) atoms. The van der Waals surface area contributed by atoms with E-state index < -0.39 is 11.6 Å². The van der Waals surface area contributed by atoms with Gasteiger partial charge in [-0.25, -0.2) is 8.78 Å². The number of nitrogens with zero attached hydrogens (tertiary/aromatic N) is 1. The second-order valence-corrected chi connectivity index (χ2v) is 3.78. The molecule has 1 aromatic carbocycles. The van der Waals surface area contributed by atoms with E-state index in [2.05, 4.69) is 10.5 Å². The maximum absolute atomic E-state index is 12.9. The fourth-order valence-electron chi connectivity index (χ4n) is 1.44. The minimum Gasteiger partial charge on any atom is -0.361 e. The van der Waals surface area contributed by atoms with Crippen LogP contribution in [-0.4, -0.2) is 11.1 Å². The van der Waals surface area contributed by atoms with Gasteiger partial charge in [0.15, 0.2) is 11.6 Å². The summed E-state index contributed by atoms with van der Waals surface area (Å²) in [5.74, 6) is -1.75. The van der Waals surface area contributed by atoms with Crippen LogP contribution in [-0.2, 0) is 11.2 Å². The summed E-state index contributed by atoms with van der Waals surface area (Å²) in [6.07, 6.45) is 0.0103. The lowest BCUT2D eigenvalue weighted by Crippen LogP contribution is -2.14. The molecule has 1 amide bonds. The number of nitrogens with one attached hydrogen (secondary N) is 1. The summed E-state index contributed by atoms with van der Waals surface area (Å²) < 4.78 is 30.4. The first-order chi connectivity index (χ1) is 8.54. The minimum absolute atomic E-state index is 0.0103. The molecule has 2 aromatic rings. The molecular weight excluding hydrogens is 242 g/mol. The number of aromatic nitrogens is 1. The molecule has 0 saturated heterocycles. The molecule has 6 heteroatoms. The van der Waals surface area contributed by atoms with Gasteiger partial charge >= 0.3 is 0 Å². The maximum Gasteiger partial charge on any atom is 0.230 e. The van der Waals surface area contributed by atoms with Crippen LogP contribution in [0.25, 0.3) is 0 Å². The van der Waals surface area contributed by atoms with Crippen molar-refractivity contribution in [3.63, 3.8) is 0 Å². The molecule has 1 heterocycles. The number of hydrogen-bond acceptors (Lipinski definition) is 3. The zero-order valence-corrected chi connectivity index (χ0v) is 9.54. The predicted molar refractivity (Wildman–Crippen MR) is 59.9 cm³/mol. The smallest absolute Gasteiger partial charge is 0.230 e. The summed E-state index contributed by atoms with van der Waals surface area (Å²) in [6.45, 7) is 1.71. The number of amides is 1. The molecule has 0 saturated carbocycles. The highest BCUT2D eigenvalue weighted by Crippen LogP contribution is 2.13. The Morgan fingerprint density at radius 2 is 2.11 bits per heavy atom. The van der Waals surface area contributed by atoms with Crippen LogP contribution in [0.15, 0.2) is 28.8 Å². The molecule has 0 atom stereocenters. The van der Waals surface area contributed by atoms with Gasteiger partial charge in [-0.3, -0.25) is 4.79 Å². The molecule has 0 aliphatic heterocycles. The van der Waals surface area contributed by atoms with Crippen molar-refractivity contribution in [1.29, 1.82) is 0 Å². The first-order valence-electron chi connectivity index (χ1n) is 5.21. The van der Waals surface area contributed by atoms with Crippen molar-refractivity contribution in [3.05, 3.63) is 47.4 Å². The van der Waals surface area contributed by atoms with E-state index in [9.17, 15) is 13.6 Å². The fourth-order valence-corrected chi connectivity index (χ4v) is 1.44. The molecule has 0 spiro atoms. The quantitative estimate of drug-likeness (QED) is 0.912. The molecule has 0 bridgehead atoms. The summed E-state index contributed by atoms with van der Waals surface area (Å²) in [5.41, 5.74) is 0.673. The van der Waals surface area contributed by atoms with Gasteiger partial charge in [-0.1, -0.05) is 5.16 Å². The summed E-state index contributed by atoms with van der Waals surface area (Å²) >= 11 is 0. The van der Waals surface area contributed by atoms with E-state index in [1.165, 1.54) is 6.07 Å². The Balaban J connectivity index is 2.00. The Bertz CT molecular complexity index is 581. The number of rotatable bonds is 3. The van der Waals surface area contributed by atoms with Crippen LogP contribution in [0.1, 0.15) is 11.5 Å². The summed E-state index contributed by atoms with van der Waals surface area (Å²) in [6, 6.07) is 4.78. The number of anilines is 1. The number of carbonyl (C=O) groups excluding carboxylic acids is 1. The SMILES string of the molecule is Cc1cc(CC(=O)Nc2ccc(F)c(F)c2)no1. The van der Waals surface area contributed by atoms with Crippen LogP contribution in [0.4, 0.5) is 14.5 Å². The third kappa shape index (κ3) is 2.91. The molecule has 2 rings (SSSR count). The van der Waals surface area contributed by atoms with Gasteiger partial charge in [-0.2, -0.15) is 0 Å². The lowest BCUT2D eigenvalue weighted by Gasteiger charge is -2.03. The maximum atomic E-state index is 12.9. The van der Waals surface area contributed by atoms with Gasteiger partial charge in [-0.05, 0) is 19.1 Å². The zero-order chi connectivity index (χ0) is 13.1. The zero-order valence-electron chi connectivity index (χ0n) is 9.54. The highest BCUT2D eigenvalue weighted by molar-refractivity contribution is 5.91. The number of carbonyl (C=O) groups is 1. The van der Waals surface area contributed by atoms with Gasteiger partial charge < -0.3 is 9.84 Å². The highest BCUT2D eigenvalue weighted by atomic mass is 19.2. The van der Waals surface area contributed by atoms with Gasteiger partial charge in [-0.15, -0.1) is 0 Å². The van der Waals surface area contributed by atoms with Gasteiger partial charge in [0, 0.05) is 17.8 Å². The Hall–Kier alpha value is -2.24. The minimum atomic E-state index is -1.01. The molecule has 94 valence electrons. The number of benzene rings is 1. The van der Waals surface area contributed by atoms with Gasteiger partial charge in [0.25, 0.3) is 0 Å². The highest BCUT2D eigenvalue weighted by Gasteiger charge is 2.09. The lowest BCUT2D eigenvalue weighted by molar-refractivity contribution is -0.115. The second-order valence-electron chi connectivity index (χ2n) is 3.78. The largest absolute Gasteiger partial charge is 0.361 e. The summed E-state index contributed by atoms with van der Waals surface area (Å²) in [7, 11) is 0. The van der Waals surface area contributed by atoms with Crippen molar-refractivity contribution >= 4 is 11.6 Å². The van der Waals surface area contributed by atoms with Gasteiger partial charge in [0.1, 0.15) is 5.76 Å². The molecule has 1 N–H and O–H groups in total. The van der Waals surface area contributed by atoms with Crippen molar-refractivity contribution in [1.82, 2.24) is 5.16 Å². The Labute approximate surface area is 102 Å². The predicted octanol–water partition coefficient (Wildman–Crippen LogP) is 2.44. The molecule has 0 radical (unpaired) electrons. The molecule has 0 unspecified atom stereocenters. The standard InChI is InChI=1S/C12H10F2N2O2/c1-7-4-9(16-18-7)6-12(17)15-8-2-3-10(13)11(14)5-8/h2-5H,6H2,1H3,(H,15,17). The molecule has 4 nitrogen and oxygen atoms in total. The number of hydrogen-bond donors (Lipinski definition) is 1. The van der Waals surface area contributed by atoms with E-state index >= 15 is 0 Å². The Morgan fingerprint density at radius 3 is 2.72 bits per heavy atom. The summed E-state index contributed by atoms with van der Waals surface area (Å²) in [4.78, 5) is 11.6. The van der Waals surface area contributed by atoms with Crippen molar-refractivity contribution in [3.8, 4) is 0 Å². The average Bonchev–Trinajstić information content (AvgIpc) is 2.69. The number of aryl methyl sites for hydroxylation is 1. The van der Waals surface area contributed by atoms with Crippen LogP contribution >= 0.6 is 0 Å². The normalized spacial score (nSPS) is 10.4. The third-order valence-corrected chi connectivity index (χ3v) is 2.22. The van der Waals surface area contributed by atoms with E-state index in [0.717, 1.165) is 12.1 Å².